The molecule has 6 heteroatoms. The first kappa shape index (κ1) is 20.4. The normalized spacial score (nSPS) is 10.4. The van der Waals surface area contributed by atoms with Gasteiger partial charge in [0.15, 0.2) is 4.98 Å². The van der Waals surface area contributed by atoms with Gasteiger partial charge in [0, 0.05) is 16.0 Å². The summed E-state index contributed by atoms with van der Waals surface area (Å²) in [5, 5.41) is 10.1. The summed E-state index contributed by atoms with van der Waals surface area (Å²) in [6.45, 7) is 5.42. The Morgan fingerprint density at radius 2 is 1.58 bits per heavy atom. The van der Waals surface area contributed by atoms with Crippen LogP contribution in [0.15, 0.2) is 46.2 Å². The number of rotatable bonds is 10. The van der Waals surface area contributed by atoms with Gasteiger partial charge in [-0.25, -0.2) is 0 Å². The molecule has 26 heavy (non-hydrogen) atoms. The van der Waals surface area contributed by atoms with Gasteiger partial charge < -0.3 is 9.47 Å². The Balaban J connectivity index is 2.31. The number of ether oxygens (including phenoxy) is 2. The standard InChI is InChI=1S/C20H24ClN2O2S/c1-3-5-11-24-18-14-20(26-16-9-7-15(21)8-10-16)19(13-17(18)23-22)25-12-6-4-2/h7-10,13-14H,3-6,11-12H2,1-2H3/q+1. The van der Waals surface area contributed by atoms with Gasteiger partial charge in [-0.05, 0) is 37.1 Å². The van der Waals surface area contributed by atoms with E-state index >= 15 is 0 Å². The molecule has 0 aliphatic rings. The Morgan fingerprint density at radius 3 is 2.15 bits per heavy atom. The van der Waals surface area contributed by atoms with Gasteiger partial charge >= 0.3 is 5.69 Å². The quantitative estimate of drug-likeness (QED) is 0.314. The summed E-state index contributed by atoms with van der Waals surface area (Å²) in [5.41, 5.74) is 0.382. The van der Waals surface area contributed by atoms with E-state index < -0.39 is 0 Å². The van der Waals surface area contributed by atoms with Gasteiger partial charge in [-0.1, -0.05) is 50.1 Å². The van der Waals surface area contributed by atoms with Crippen molar-refractivity contribution >= 4 is 29.1 Å². The number of diazo groups is 1. The molecule has 0 spiro atoms. The number of unbranched alkanes of at least 4 members (excludes halogenated alkanes) is 2. The molecule has 0 amide bonds. The van der Waals surface area contributed by atoms with E-state index in [-0.39, 0.29) is 0 Å². The molecule has 0 atom stereocenters. The maximum Gasteiger partial charge on any atom is 0.430 e. The van der Waals surface area contributed by atoms with E-state index in [1.807, 2.05) is 30.3 Å². The third kappa shape index (κ3) is 6.12. The topological polar surface area (TPSA) is 46.6 Å². The molecule has 0 fully saturated rings. The maximum atomic E-state index is 9.35. The lowest BCUT2D eigenvalue weighted by atomic mass is 10.2. The summed E-state index contributed by atoms with van der Waals surface area (Å²) in [7, 11) is 0. The summed E-state index contributed by atoms with van der Waals surface area (Å²) < 4.78 is 11.7. The molecule has 0 radical (unpaired) electrons. The van der Waals surface area contributed by atoms with E-state index in [0.29, 0.717) is 35.4 Å². The lowest BCUT2D eigenvalue weighted by Gasteiger charge is -2.12. The average molecular weight is 392 g/mol. The van der Waals surface area contributed by atoms with Crippen LogP contribution in [0.5, 0.6) is 11.5 Å². The molecule has 0 saturated heterocycles. The van der Waals surface area contributed by atoms with E-state index in [0.717, 1.165) is 35.5 Å². The molecule has 0 aromatic heterocycles. The van der Waals surface area contributed by atoms with Gasteiger partial charge in [0.2, 0.25) is 11.1 Å². The second kappa shape index (κ2) is 10.9. The maximum absolute atomic E-state index is 9.35. The SMILES string of the molecule is CCCCOc1cc(Sc2ccc(Cl)cc2)c(OCCCC)cc1[N+]#N. The van der Waals surface area contributed by atoms with E-state index in [4.69, 9.17) is 21.1 Å². The van der Waals surface area contributed by atoms with Crippen molar-refractivity contribution < 1.29 is 9.47 Å². The molecule has 2 rings (SSSR count). The Kier molecular flexibility index (Phi) is 8.60. The van der Waals surface area contributed by atoms with Crippen molar-refractivity contribution in [2.45, 2.75) is 49.3 Å². The molecule has 0 aliphatic heterocycles. The Morgan fingerprint density at radius 1 is 0.962 bits per heavy atom. The molecule has 0 heterocycles. The van der Waals surface area contributed by atoms with Gasteiger partial charge in [-0.2, -0.15) is 0 Å². The van der Waals surface area contributed by atoms with Crippen LogP contribution in [-0.2, 0) is 0 Å². The van der Waals surface area contributed by atoms with Crippen molar-refractivity contribution in [3.63, 3.8) is 0 Å². The zero-order valence-electron chi connectivity index (χ0n) is 15.2. The van der Waals surface area contributed by atoms with Gasteiger partial charge in [0.25, 0.3) is 0 Å². The number of hydrogen-bond donors (Lipinski definition) is 0. The van der Waals surface area contributed by atoms with Crippen LogP contribution in [0.4, 0.5) is 5.69 Å². The lowest BCUT2D eigenvalue weighted by Crippen LogP contribution is -2.00. The minimum atomic E-state index is 0.382. The zero-order chi connectivity index (χ0) is 18.8. The van der Waals surface area contributed by atoms with E-state index in [9.17, 15) is 5.39 Å². The monoisotopic (exact) mass is 391 g/mol. The van der Waals surface area contributed by atoms with E-state index in [2.05, 4.69) is 18.8 Å². The fourth-order valence-corrected chi connectivity index (χ4v) is 3.24. The van der Waals surface area contributed by atoms with Gasteiger partial charge in [0.1, 0.15) is 5.75 Å². The molecule has 0 aliphatic carbocycles. The molecule has 4 nitrogen and oxygen atoms in total. The summed E-state index contributed by atoms with van der Waals surface area (Å²) >= 11 is 7.54. The average Bonchev–Trinajstić information content (AvgIpc) is 2.65. The molecule has 0 unspecified atom stereocenters. The predicted octanol–water partition coefficient (Wildman–Crippen LogP) is 7.33. The van der Waals surface area contributed by atoms with Crippen molar-refractivity contribution in [2.24, 2.45) is 0 Å². The molecule has 0 saturated carbocycles. The minimum Gasteiger partial charge on any atom is -0.492 e. The highest BCUT2D eigenvalue weighted by Gasteiger charge is 2.21. The Bertz CT molecular complexity index is 745. The van der Waals surface area contributed by atoms with Crippen LogP contribution >= 0.6 is 23.4 Å². The fraction of sp³-hybridized carbons (Fsp3) is 0.400. The highest BCUT2D eigenvalue weighted by molar-refractivity contribution is 7.99. The minimum absolute atomic E-state index is 0.382. The number of nitrogens with zero attached hydrogens (tertiary/aromatic N) is 2. The van der Waals surface area contributed by atoms with Crippen LogP contribution in [-0.4, -0.2) is 13.2 Å². The highest BCUT2D eigenvalue weighted by atomic mass is 35.5. The van der Waals surface area contributed by atoms with Gasteiger partial charge in [0.05, 0.1) is 24.2 Å². The molecule has 0 bridgehead atoms. The molecule has 2 aromatic rings. The number of hydrogen-bond acceptors (Lipinski definition) is 4. The second-order valence-electron chi connectivity index (χ2n) is 5.83. The smallest absolute Gasteiger partial charge is 0.430 e. The summed E-state index contributed by atoms with van der Waals surface area (Å²) in [4.78, 5) is 5.33. The van der Waals surface area contributed by atoms with Crippen molar-refractivity contribution in [1.29, 1.82) is 5.39 Å². The first-order chi connectivity index (χ1) is 12.7. The number of halogens is 1. The molecule has 138 valence electrons. The fourth-order valence-electron chi connectivity index (χ4n) is 2.20. The van der Waals surface area contributed by atoms with Crippen LogP contribution in [0.2, 0.25) is 5.02 Å². The third-order valence-electron chi connectivity index (χ3n) is 3.69. The van der Waals surface area contributed by atoms with E-state index in [1.165, 1.54) is 0 Å². The molecule has 2 aromatic carbocycles. The van der Waals surface area contributed by atoms with Gasteiger partial charge in [-0.15, -0.1) is 0 Å². The summed E-state index contributed by atoms with van der Waals surface area (Å²) in [5.74, 6) is 1.24. The lowest BCUT2D eigenvalue weighted by molar-refractivity contribution is 0.296. The van der Waals surface area contributed by atoms with Gasteiger partial charge in [-0.3, -0.25) is 0 Å². The molecular formula is C20H24ClN2O2S+. The summed E-state index contributed by atoms with van der Waals surface area (Å²) in [6, 6.07) is 11.3. The Labute approximate surface area is 164 Å². The van der Waals surface area contributed by atoms with Crippen LogP contribution in [0.3, 0.4) is 0 Å². The first-order valence-corrected chi connectivity index (χ1v) is 10.1. The first-order valence-electron chi connectivity index (χ1n) is 8.90. The van der Waals surface area contributed by atoms with Crippen LogP contribution < -0.4 is 9.47 Å². The molecule has 0 N–H and O–H groups in total. The van der Waals surface area contributed by atoms with Crippen molar-refractivity contribution in [1.82, 2.24) is 0 Å². The van der Waals surface area contributed by atoms with Crippen molar-refractivity contribution in [3.8, 4) is 11.5 Å². The third-order valence-corrected chi connectivity index (χ3v) is 4.98. The van der Waals surface area contributed by atoms with Crippen LogP contribution in [0.1, 0.15) is 39.5 Å². The zero-order valence-corrected chi connectivity index (χ0v) is 16.8. The van der Waals surface area contributed by atoms with Crippen molar-refractivity contribution in [2.75, 3.05) is 13.2 Å². The van der Waals surface area contributed by atoms with Crippen molar-refractivity contribution in [3.05, 3.63) is 46.4 Å². The highest BCUT2D eigenvalue weighted by Crippen LogP contribution is 2.43. The number of benzene rings is 2. The summed E-state index contributed by atoms with van der Waals surface area (Å²) in [6.07, 6.45) is 4.00. The molecular weight excluding hydrogens is 368 g/mol. The van der Waals surface area contributed by atoms with E-state index in [1.54, 1.807) is 17.8 Å². The largest absolute Gasteiger partial charge is 0.492 e. The predicted molar refractivity (Wildman–Crippen MR) is 108 cm³/mol. The Hall–Kier alpha value is -1.90. The van der Waals surface area contributed by atoms with Crippen LogP contribution in [0.25, 0.3) is 4.98 Å². The second-order valence-corrected chi connectivity index (χ2v) is 7.38. The van der Waals surface area contributed by atoms with Crippen LogP contribution in [0, 0.1) is 5.39 Å².